The number of carbonyl (C=O) groups is 2. The van der Waals surface area contributed by atoms with Crippen LogP contribution < -0.4 is 0 Å². The van der Waals surface area contributed by atoms with Crippen molar-refractivity contribution in [3.63, 3.8) is 0 Å². The lowest BCUT2D eigenvalue weighted by Crippen LogP contribution is -2.59. The summed E-state index contributed by atoms with van der Waals surface area (Å²) >= 11 is 0. The number of ketones is 1. The van der Waals surface area contributed by atoms with Crippen molar-refractivity contribution in [1.29, 1.82) is 0 Å². The van der Waals surface area contributed by atoms with E-state index in [1.165, 1.54) is 45.4 Å². The second-order valence-electron chi connectivity index (χ2n) is 10.9. The highest BCUT2D eigenvalue weighted by Crippen LogP contribution is 2.82. The second-order valence-corrected chi connectivity index (χ2v) is 10.9. The summed E-state index contributed by atoms with van der Waals surface area (Å²) in [5.41, 5.74) is 0.162. The van der Waals surface area contributed by atoms with Crippen LogP contribution in [0.4, 0.5) is 0 Å². The molecule has 5 saturated carbocycles. The molecule has 0 saturated heterocycles. The van der Waals surface area contributed by atoms with E-state index in [0.29, 0.717) is 16.7 Å². The summed E-state index contributed by atoms with van der Waals surface area (Å²) in [5, 5.41) is 0. The van der Waals surface area contributed by atoms with Crippen LogP contribution >= 0.6 is 0 Å². The smallest absolute Gasteiger partial charge is 0.303 e. The molecule has 0 bridgehead atoms. The highest BCUT2D eigenvalue weighted by atomic mass is 16.6. The van der Waals surface area contributed by atoms with Gasteiger partial charge < -0.3 is 4.74 Å². The number of ether oxygens (including phenoxy) is 1. The largest absolute Gasteiger partial charge is 0.451 e. The standard InChI is InChI=1S/C23H34O3/c1-14(24)23(26-15(2)25)12-8-19-17-6-11-22-13-16(22)5-9-20(22,3)18(17)7-10-21(19,23)4/h16-19H,5-13H2,1-4H3/t16-,17-,18+,19-,20-,21-,22+,23+/m1/s1. The molecular formula is C23H34O3. The van der Waals surface area contributed by atoms with Gasteiger partial charge in [0.2, 0.25) is 0 Å². The molecule has 5 aliphatic carbocycles. The van der Waals surface area contributed by atoms with Crippen molar-refractivity contribution in [2.75, 3.05) is 0 Å². The van der Waals surface area contributed by atoms with Crippen molar-refractivity contribution in [1.82, 2.24) is 0 Å². The quantitative estimate of drug-likeness (QED) is 0.658. The SMILES string of the molecule is CC(=O)O[C@]1(C(C)=O)CC[C@@H]2[C@@H]3CC[C@]45C[C@H]4CC[C@]5(C)[C@H]3CC[C@]21C. The Morgan fingerprint density at radius 3 is 2.15 bits per heavy atom. The highest BCUT2D eigenvalue weighted by Gasteiger charge is 2.75. The molecule has 144 valence electrons. The van der Waals surface area contributed by atoms with Gasteiger partial charge in [0.05, 0.1) is 0 Å². The van der Waals surface area contributed by atoms with E-state index in [4.69, 9.17) is 4.74 Å². The summed E-state index contributed by atoms with van der Waals surface area (Å²) in [4.78, 5) is 24.6. The highest BCUT2D eigenvalue weighted by molar-refractivity contribution is 5.89. The van der Waals surface area contributed by atoms with Crippen LogP contribution in [0.15, 0.2) is 0 Å². The molecule has 0 aromatic rings. The van der Waals surface area contributed by atoms with Crippen LogP contribution in [0.25, 0.3) is 0 Å². The van der Waals surface area contributed by atoms with Crippen LogP contribution in [-0.4, -0.2) is 17.4 Å². The maximum absolute atomic E-state index is 12.7. The summed E-state index contributed by atoms with van der Waals surface area (Å²) in [6, 6.07) is 0. The van der Waals surface area contributed by atoms with E-state index >= 15 is 0 Å². The van der Waals surface area contributed by atoms with E-state index in [2.05, 4.69) is 13.8 Å². The zero-order valence-electron chi connectivity index (χ0n) is 16.9. The Morgan fingerprint density at radius 1 is 0.846 bits per heavy atom. The maximum Gasteiger partial charge on any atom is 0.303 e. The fourth-order valence-electron chi connectivity index (χ4n) is 9.29. The van der Waals surface area contributed by atoms with Crippen molar-refractivity contribution >= 4 is 11.8 Å². The predicted octanol–water partition coefficient (Wildman–Crippen LogP) is 4.92. The molecule has 0 aromatic heterocycles. The topological polar surface area (TPSA) is 43.4 Å². The van der Waals surface area contributed by atoms with Gasteiger partial charge in [0.1, 0.15) is 0 Å². The lowest BCUT2D eigenvalue weighted by atomic mass is 9.45. The number of fused-ring (bicyclic) bond motifs is 4. The number of carbonyl (C=O) groups excluding carboxylic acids is 2. The molecule has 5 rings (SSSR count). The Bertz CT molecular complexity index is 685. The lowest BCUT2D eigenvalue weighted by molar-refractivity contribution is -0.190. The minimum atomic E-state index is -0.873. The number of Topliss-reactive ketones (excluding diaryl/α,β-unsaturated/α-hetero) is 1. The molecule has 3 nitrogen and oxygen atoms in total. The van der Waals surface area contributed by atoms with Crippen LogP contribution in [0.2, 0.25) is 0 Å². The van der Waals surface area contributed by atoms with Gasteiger partial charge in [0, 0.05) is 12.3 Å². The summed E-state index contributed by atoms with van der Waals surface area (Å²) in [6.45, 7) is 7.99. The Balaban J connectivity index is 1.51. The van der Waals surface area contributed by atoms with Gasteiger partial charge in [0.25, 0.3) is 0 Å². The van der Waals surface area contributed by atoms with Gasteiger partial charge in [-0.15, -0.1) is 0 Å². The molecule has 0 amide bonds. The van der Waals surface area contributed by atoms with Gasteiger partial charge in [-0.05, 0) is 99.2 Å². The molecule has 0 heterocycles. The fourth-order valence-corrected chi connectivity index (χ4v) is 9.29. The summed E-state index contributed by atoms with van der Waals surface area (Å²) in [6.07, 6.45) is 11.2. The van der Waals surface area contributed by atoms with Gasteiger partial charge in [-0.2, -0.15) is 0 Å². The van der Waals surface area contributed by atoms with Gasteiger partial charge in [-0.3, -0.25) is 9.59 Å². The normalized spacial score (nSPS) is 56.8. The molecule has 5 fully saturated rings. The molecule has 0 aromatic carbocycles. The lowest BCUT2D eigenvalue weighted by Gasteiger charge is -2.59. The summed E-state index contributed by atoms with van der Waals surface area (Å²) < 4.78 is 5.86. The monoisotopic (exact) mass is 358 g/mol. The zero-order valence-corrected chi connectivity index (χ0v) is 16.9. The third-order valence-corrected chi connectivity index (χ3v) is 10.6. The fraction of sp³-hybridized carbons (Fsp3) is 0.913. The molecule has 26 heavy (non-hydrogen) atoms. The van der Waals surface area contributed by atoms with Crippen LogP contribution in [0.3, 0.4) is 0 Å². The Morgan fingerprint density at radius 2 is 1.50 bits per heavy atom. The predicted molar refractivity (Wildman–Crippen MR) is 99.3 cm³/mol. The number of esters is 1. The van der Waals surface area contributed by atoms with Gasteiger partial charge in [-0.25, -0.2) is 0 Å². The molecule has 5 aliphatic rings. The van der Waals surface area contributed by atoms with Crippen molar-refractivity contribution in [3.05, 3.63) is 0 Å². The molecule has 0 aliphatic heterocycles. The van der Waals surface area contributed by atoms with E-state index in [-0.39, 0.29) is 17.2 Å². The van der Waals surface area contributed by atoms with Crippen LogP contribution in [-0.2, 0) is 14.3 Å². The minimum Gasteiger partial charge on any atom is -0.451 e. The molecule has 3 heteroatoms. The molecule has 1 spiro atoms. The molecule has 0 radical (unpaired) electrons. The Hall–Kier alpha value is -0.860. The van der Waals surface area contributed by atoms with E-state index in [1.54, 1.807) is 6.92 Å². The Labute approximate surface area is 157 Å². The number of hydrogen-bond acceptors (Lipinski definition) is 3. The van der Waals surface area contributed by atoms with Crippen LogP contribution in [0, 0.1) is 39.9 Å². The summed E-state index contributed by atoms with van der Waals surface area (Å²) in [7, 11) is 0. The van der Waals surface area contributed by atoms with E-state index < -0.39 is 5.60 Å². The van der Waals surface area contributed by atoms with Crippen molar-refractivity contribution in [2.24, 2.45) is 39.9 Å². The molecule has 8 atom stereocenters. The summed E-state index contributed by atoms with van der Waals surface area (Å²) in [5.74, 6) is 2.87. The van der Waals surface area contributed by atoms with Gasteiger partial charge in [-0.1, -0.05) is 13.8 Å². The third-order valence-electron chi connectivity index (χ3n) is 10.6. The van der Waals surface area contributed by atoms with Crippen LogP contribution in [0.1, 0.15) is 85.5 Å². The second kappa shape index (κ2) is 4.94. The Kier molecular flexibility index (Phi) is 3.28. The minimum absolute atomic E-state index is 0.0674. The first kappa shape index (κ1) is 17.3. The average Bonchev–Trinajstić information content (AvgIpc) is 3.10. The van der Waals surface area contributed by atoms with Crippen molar-refractivity contribution in [2.45, 2.75) is 91.1 Å². The zero-order chi connectivity index (χ0) is 18.5. The maximum atomic E-state index is 12.7. The van der Waals surface area contributed by atoms with Gasteiger partial charge in [0.15, 0.2) is 11.4 Å². The molecular weight excluding hydrogens is 324 g/mol. The first-order valence-electron chi connectivity index (χ1n) is 10.9. The first-order valence-corrected chi connectivity index (χ1v) is 10.9. The van der Waals surface area contributed by atoms with E-state index in [9.17, 15) is 9.59 Å². The van der Waals surface area contributed by atoms with Crippen molar-refractivity contribution in [3.8, 4) is 0 Å². The van der Waals surface area contributed by atoms with Crippen molar-refractivity contribution < 1.29 is 14.3 Å². The van der Waals surface area contributed by atoms with Crippen LogP contribution in [0.5, 0.6) is 0 Å². The number of hydrogen-bond donors (Lipinski definition) is 0. The van der Waals surface area contributed by atoms with E-state index in [1.807, 2.05) is 0 Å². The molecule has 0 unspecified atom stereocenters. The van der Waals surface area contributed by atoms with E-state index in [0.717, 1.165) is 37.0 Å². The van der Waals surface area contributed by atoms with Gasteiger partial charge >= 0.3 is 5.97 Å². The first-order chi connectivity index (χ1) is 12.2. The average molecular weight is 359 g/mol. The number of rotatable bonds is 2. The molecule has 0 N–H and O–H groups in total. The third kappa shape index (κ3) is 1.72.